The van der Waals surface area contributed by atoms with E-state index in [2.05, 4.69) is 9.93 Å². The first-order valence-electron chi connectivity index (χ1n) is 3.46. The van der Waals surface area contributed by atoms with Crippen LogP contribution in [0.5, 0.6) is 0 Å². The lowest BCUT2D eigenvalue weighted by Gasteiger charge is -2.31. The number of aliphatic hydroxyl groups excluding tert-OH is 3. The highest BCUT2D eigenvalue weighted by atomic mass is 17.5. The summed E-state index contributed by atoms with van der Waals surface area (Å²) in [6, 6.07) is 0. The van der Waals surface area contributed by atoms with Gasteiger partial charge in [-0.2, -0.15) is 0 Å². The van der Waals surface area contributed by atoms with Gasteiger partial charge in [0, 0.05) is 0 Å². The van der Waals surface area contributed by atoms with Crippen molar-refractivity contribution in [1.29, 1.82) is 0 Å². The molecule has 0 fully saturated rings. The van der Waals surface area contributed by atoms with E-state index in [9.17, 15) is 0 Å². The lowest BCUT2D eigenvalue weighted by molar-refractivity contribution is -0.514. The maximum atomic E-state index is 8.84. The summed E-state index contributed by atoms with van der Waals surface area (Å²) in [5, 5.41) is 37.8. The minimum atomic E-state index is -1.21. The predicted molar refractivity (Wildman–Crippen MR) is 38.0 cm³/mol. The Hall–Kier alpha value is -0.240. The first-order valence-corrected chi connectivity index (χ1v) is 3.46. The van der Waals surface area contributed by atoms with Crippen molar-refractivity contribution in [2.45, 2.75) is 13.0 Å². The zero-order valence-electron chi connectivity index (χ0n) is 6.80. The highest BCUT2D eigenvalue weighted by Gasteiger charge is 2.36. The van der Waals surface area contributed by atoms with Crippen LogP contribution in [0, 0.1) is 5.41 Å². The molecule has 6 nitrogen and oxygen atoms in total. The van der Waals surface area contributed by atoms with Gasteiger partial charge >= 0.3 is 0 Å². The molecule has 0 spiro atoms. The van der Waals surface area contributed by atoms with Crippen LogP contribution in [-0.2, 0) is 9.93 Å². The maximum absolute atomic E-state index is 8.84. The molecule has 0 aliphatic heterocycles. The predicted octanol–water partition coefficient (Wildman–Crippen LogP) is -1.24. The summed E-state index contributed by atoms with van der Waals surface area (Å²) >= 11 is 0. The molecule has 0 aromatic heterocycles. The van der Waals surface area contributed by atoms with E-state index >= 15 is 0 Å². The topological polar surface area (TPSA) is 99.4 Å². The summed E-state index contributed by atoms with van der Waals surface area (Å²) in [4.78, 5) is 4.26. The van der Waals surface area contributed by atoms with Gasteiger partial charge in [-0.1, -0.05) is 5.04 Å². The summed E-state index contributed by atoms with van der Waals surface area (Å²) < 4.78 is 0. The van der Waals surface area contributed by atoms with Crippen LogP contribution in [0.2, 0.25) is 0 Å². The van der Waals surface area contributed by atoms with Gasteiger partial charge < -0.3 is 15.3 Å². The van der Waals surface area contributed by atoms with E-state index in [0.717, 1.165) is 0 Å². The molecule has 0 aliphatic rings. The van der Waals surface area contributed by atoms with Crippen molar-refractivity contribution in [3.63, 3.8) is 0 Å². The Kier molecular flexibility index (Phi) is 5.31. The maximum Gasteiger partial charge on any atom is 0.105 e. The molecule has 1 unspecified atom stereocenters. The van der Waals surface area contributed by atoms with Crippen molar-refractivity contribution in [2.24, 2.45) is 5.41 Å². The van der Waals surface area contributed by atoms with Crippen LogP contribution in [0.4, 0.5) is 0 Å². The number of hydrogen-bond donors (Lipinski definition) is 4. The van der Waals surface area contributed by atoms with Crippen molar-refractivity contribution >= 4 is 0 Å². The van der Waals surface area contributed by atoms with Crippen LogP contribution in [-0.4, -0.2) is 46.5 Å². The fourth-order valence-corrected chi connectivity index (χ4v) is 0.702. The second-order valence-corrected chi connectivity index (χ2v) is 2.65. The van der Waals surface area contributed by atoms with E-state index in [-0.39, 0.29) is 0 Å². The molecule has 4 N–H and O–H groups in total. The van der Waals surface area contributed by atoms with Gasteiger partial charge in [0.2, 0.25) is 0 Å². The zero-order valence-corrected chi connectivity index (χ0v) is 6.80. The quantitative estimate of drug-likeness (QED) is 0.303. The molecule has 0 aromatic rings. The highest BCUT2D eigenvalue weighted by molar-refractivity contribution is 4.82. The van der Waals surface area contributed by atoms with E-state index in [1.54, 1.807) is 0 Å². The lowest BCUT2D eigenvalue weighted by Crippen LogP contribution is -2.44. The SMILES string of the molecule is CC(OOO)C(CO)(CO)CO. The van der Waals surface area contributed by atoms with Crippen molar-refractivity contribution in [3.8, 4) is 0 Å². The average molecular weight is 182 g/mol. The molecule has 0 aromatic carbocycles. The van der Waals surface area contributed by atoms with Crippen molar-refractivity contribution in [2.75, 3.05) is 19.8 Å². The fourth-order valence-electron chi connectivity index (χ4n) is 0.702. The van der Waals surface area contributed by atoms with E-state index in [1.807, 2.05) is 0 Å². The second-order valence-electron chi connectivity index (χ2n) is 2.65. The average Bonchev–Trinajstić information content (AvgIpc) is 2.09. The van der Waals surface area contributed by atoms with Gasteiger partial charge in [-0.3, -0.25) is 0 Å². The number of aliphatic hydroxyl groups is 3. The van der Waals surface area contributed by atoms with Gasteiger partial charge in [-0.25, -0.2) is 10.1 Å². The summed E-state index contributed by atoms with van der Waals surface area (Å²) in [5.41, 5.74) is -1.21. The molecule has 0 bridgehead atoms. The van der Waals surface area contributed by atoms with Gasteiger partial charge in [0.1, 0.15) is 6.10 Å². The molecule has 74 valence electrons. The normalized spacial score (nSPS) is 14.8. The molecule has 12 heavy (non-hydrogen) atoms. The number of hydrogen-bond acceptors (Lipinski definition) is 6. The summed E-state index contributed by atoms with van der Waals surface area (Å²) in [7, 11) is 0. The molecular formula is C6H14O6. The van der Waals surface area contributed by atoms with Gasteiger partial charge in [0.05, 0.1) is 25.2 Å². The zero-order chi connectivity index (χ0) is 9.61. The van der Waals surface area contributed by atoms with Crippen LogP contribution < -0.4 is 0 Å². The summed E-state index contributed by atoms with van der Waals surface area (Å²) in [6.07, 6.45) is -0.817. The Morgan fingerprint density at radius 2 is 1.58 bits per heavy atom. The van der Waals surface area contributed by atoms with Crippen LogP contribution >= 0.6 is 0 Å². The minimum absolute atomic E-state index is 0.468. The first-order chi connectivity index (χ1) is 5.66. The van der Waals surface area contributed by atoms with E-state index in [0.29, 0.717) is 0 Å². The number of rotatable bonds is 6. The Balaban J connectivity index is 4.24. The van der Waals surface area contributed by atoms with Gasteiger partial charge in [-0.15, -0.1) is 0 Å². The monoisotopic (exact) mass is 182 g/mol. The molecule has 0 radical (unpaired) electrons. The Labute approximate surface area is 69.8 Å². The second kappa shape index (κ2) is 5.41. The summed E-state index contributed by atoms with van der Waals surface area (Å²) in [5.74, 6) is 0. The molecule has 0 saturated heterocycles. The van der Waals surface area contributed by atoms with E-state index < -0.39 is 31.3 Å². The van der Waals surface area contributed by atoms with Crippen LogP contribution in [0.25, 0.3) is 0 Å². The van der Waals surface area contributed by atoms with Crippen LogP contribution in [0.1, 0.15) is 6.92 Å². The van der Waals surface area contributed by atoms with Gasteiger partial charge in [-0.05, 0) is 6.92 Å². The summed E-state index contributed by atoms with van der Waals surface area (Å²) in [6.45, 7) is 0.0401. The van der Waals surface area contributed by atoms with Crippen LogP contribution in [0.15, 0.2) is 0 Å². The van der Waals surface area contributed by atoms with Crippen LogP contribution in [0.3, 0.4) is 0 Å². The fraction of sp³-hybridized carbons (Fsp3) is 1.00. The largest absolute Gasteiger partial charge is 0.396 e. The highest BCUT2D eigenvalue weighted by Crippen LogP contribution is 2.22. The van der Waals surface area contributed by atoms with E-state index in [4.69, 9.17) is 20.6 Å². The van der Waals surface area contributed by atoms with E-state index in [1.165, 1.54) is 6.92 Å². The standard InChI is InChI=1S/C6H14O6/c1-5(11-12-10)6(2-7,3-8)4-9/h5,7-10H,2-4H2,1H3. The van der Waals surface area contributed by atoms with Gasteiger partial charge in [0.15, 0.2) is 0 Å². The Bertz CT molecular complexity index is 104. The molecule has 0 saturated carbocycles. The molecule has 0 amide bonds. The van der Waals surface area contributed by atoms with Crippen molar-refractivity contribution in [1.82, 2.24) is 0 Å². The van der Waals surface area contributed by atoms with Crippen molar-refractivity contribution < 1.29 is 30.5 Å². The van der Waals surface area contributed by atoms with Gasteiger partial charge in [0.25, 0.3) is 0 Å². The third-order valence-electron chi connectivity index (χ3n) is 1.99. The lowest BCUT2D eigenvalue weighted by atomic mass is 9.85. The van der Waals surface area contributed by atoms with Crippen molar-refractivity contribution in [3.05, 3.63) is 0 Å². The third kappa shape index (κ3) is 2.37. The first kappa shape index (κ1) is 11.8. The molecule has 6 heteroatoms. The molecule has 1 atom stereocenters. The Morgan fingerprint density at radius 1 is 1.17 bits per heavy atom. The molecule has 0 aliphatic carbocycles. The minimum Gasteiger partial charge on any atom is -0.396 e. The Morgan fingerprint density at radius 3 is 1.83 bits per heavy atom. The molecule has 0 rings (SSSR count). The molecular weight excluding hydrogens is 168 g/mol. The third-order valence-corrected chi connectivity index (χ3v) is 1.99. The molecule has 0 heterocycles. The smallest absolute Gasteiger partial charge is 0.105 e.